The van der Waals surface area contributed by atoms with E-state index in [2.05, 4.69) is 25.9 Å². The lowest BCUT2D eigenvalue weighted by Gasteiger charge is -2.09. The van der Waals surface area contributed by atoms with E-state index in [9.17, 15) is 9.50 Å². The fraction of sp³-hybridized carbons (Fsp3) is 0.133. The number of rotatable bonds is 3. The van der Waals surface area contributed by atoms with E-state index in [4.69, 9.17) is 4.74 Å². The highest BCUT2D eigenvalue weighted by atomic mass is 79.9. The van der Waals surface area contributed by atoms with Crippen LogP contribution < -0.4 is 4.74 Å². The summed E-state index contributed by atoms with van der Waals surface area (Å²) in [5.41, 5.74) is 2.03. The van der Waals surface area contributed by atoms with E-state index in [1.165, 1.54) is 12.1 Å². The number of hydrogen-bond acceptors (Lipinski definition) is 3. The van der Waals surface area contributed by atoms with Crippen LogP contribution in [0.3, 0.4) is 0 Å². The van der Waals surface area contributed by atoms with Gasteiger partial charge >= 0.3 is 0 Å². The van der Waals surface area contributed by atoms with Crippen molar-refractivity contribution >= 4 is 27.0 Å². The van der Waals surface area contributed by atoms with E-state index in [0.29, 0.717) is 33.7 Å². The number of H-pyrrole nitrogens is 1. The molecule has 3 aromatic rings. The standard InChI is InChI=1S/C15H12BrFN2O2/c1-2-21-13-6-8(5-10(16)14(13)20)15-18-11-4-3-9(17)7-12(11)19-15/h3-7,20H,2H2,1H3,(H,18,19). The molecular formula is C15H12BrFN2O2. The molecule has 21 heavy (non-hydrogen) atoms. The smallest absolute Gasteiger partial charge is 0.172 e. The number of nitrogens with zero attached hydrogens (tertiary/aromatic N) is 1. The maximum absolute atomic E-state index is 13.2. The molecule has 0 amide bonds. The third-order valence-corrected chi connectivity index (χ3v) is 3.65. The van der Waals surface area contributed by atoms with Crippen LogP contribution in [0, 0.1) is 5.82 Å². The summed E-state index contributed by atoms with van der Waals surface area (Å²) in [6, 6.07) is 7.79. The van der Waals surface area contributed by atoms with E-state index in [1.54, 1.807) is 18.2 Å². The van der Waals surface area contributed by atoms with Crippen molar-refractivity contribution < 1.29 is 14.2 Å². The molecule has 0 unspecified atom stereocenters. The molecule has 0 aliphatic rings. The molecule has 108 valence electrons. The number of imidazole rings is 1. The van der Waals surface area contributed by atoms with Gasteiger partial charge in [-0.15, -0.1) is 0 Å². The van der Waals surface area contributed by atoms with Gasteiger partial charge in [-0.2, -0.15) is 0 Å². The lowest BCUT2D eigenvalue weighted by atomic mass is 10.2. The molecule has 0 atom stereocenters. The molecule has 2 aromatic carbocycles. The van der Waals surface area contributed by atoms with Gasteiger partial charge in [-0.1, -0.05) is 0 Å². The Morgan fingerprint density at radius 1 is 1.33 bits per heavy atom. The van der Waals surface area contributed by atoms with Crippen molar-refractivity contribution in [3.05, 3.63) is 40.6 Å². The van der Waals surface area contributed by atoms with Crippen LogP contribution in [0.4, 0.5) is 4.39 Å². The van der Waals surface area contributed by atoms with Crippen molar-refractivity contribution in [3.8, 4) is 22.9 Å². The molecule has 2 N–H and O–H groups in total. The van der Waals surface area contributed by atoms with Gasteiger partial charge in [-0.3, -0.25) is 0 Å². The van der Waals surface area contributed by atoms with Crippen molar-refractivity contribution in [3.63, 3.8) is 0 Å². The monoisotopic (exact) mass is 350 g/mol. The fourth-order valence-electron chi connectivity index (χ4n) is 2.09. The first-order valence-corrected chi connectivity index (χ1v) is 7.18. The Kier molecular flexibility index (Phi) is 3.55. The highest BCUT2D eigenvalue weighted by molar-refractivity contribution is 9.10. The zero-order chi connectivity index (χ0) is 15.0. The number of phenols is 1. The van der Waals surface area contributed by atoms with Gasteiger partial charge in [0.1, 0.15) is 11.6 Å². The van der Waals surface area contributed by atoms with Crippen LogP contribution in [0.15, 0.2) is 34.8 Å². The Labute approximate surface area is 128 Å². The number of fused-ring (bicyclic) bond motifs is 1. The van der Waals surface area contributed by atoms with E-state index >= 15 is 0 Å². The Morgan fingerprint density at radius 3 is 2.90 bits per heavy atom. The van der Waals surface area contributed by atoms with Crippen LogP contribution in [0.25, 0.3) is 22.4 Å². The maximum Gasteiger partial charge on any atom is 0.172 e. The summed E-state index contributed by atoms with van der Waals surface area (Å²) in [6.07, 6.45) is 0. The normalized spacial score (nSPS) is 11.0. The molecule has 1 heterocycles. The zero-order valence-corrected chi connectivity index (χ0v) is 12.7. The number of aromatic nitrogens is 2. The fourth-order valence-corrected chi connectivity index (χ4v) is 2.54. The molecule has 0 aliphatic heterocycles. The van der Waals surface area contributed by atoms with Crippen LogP contribution in [-0.4, -0.2) is 21.7 Å². The number of aromatic amines is 1. The summed E-state index contributed by atoms with van der Waals surface area (Å²) in [5.74, 6) is 0.674. The predicted molar refractivity (Wildman–Crippen MR) is 82.0 cm³/mol. The van der Waals surface area contributed by atoms with E-state index in [-0.39, 0.29) is 11.6 Å². The first-order valence-electron chi connectivity index (χ1n) is 6.39. The first-order chi connectivity index (χ1) is 10.1. The number of benzene rings is 2. The van der Waals surface area contributed by atoms with E-state index in [1.807, 2.05) is 6.92 Å². The minimum Gasteiger partial charge on any atom is -0.503 e. The summed E-state index contributed by atoms with van der Waals surface area (Å²) in [5, 5.41) is 9.92. The van der Waals surface area contributed by atoms with Gasteiger partial charge in [0.05, 0.1) is 22.1 Å². The summed E-state index contributed by atoms with van der Waals surface area (Å²) in [4.78, 5) is 7.48. The first kappa shape index (κ1) is 13.9. The average molecular weight is 351 g/mol. The molecule has 0 spiro atoms. The highest BCUT2D eigenvalue weighted by Crippen LogP contribution is 2.38. The lowest BCUT2D eigenvalue weighted by molar-refractivity contribution is 0.317. The summed E-state index contributed by atoms with van der Waals surface area (Å²) in [6.45, 7) is 2.28. The van der Waals surface area contributed by atoms with Gasteiger partial charge in [0.2, 0.25) is 0 Å². The average Bonchev–Trinajstić information content (AvgIpc) is 2.86. The lowest BCUT2D eigenvalue weighted by Crippen LogP contribution is -1.93. The minimum atomic E-state index is -0.320. The maximum atomic E-state index is 13.2. The SMILES string of the molecule is CCOc1cc(-c2nc3ccc(F)cc3[nH]2)cc(Br)c1O. The van der Waals surface area contributed by atoms with Crippen molar-refractivity contribution in [2.75, 3.05) is 6.61 Å². The number of aromatic hydroxyl groups is 1. The van der Waals surface area contributed by atoms with Gasteiger partial charge in [-0.05, 0) is 53.2 Å². The molecule has 0 bridgehead atoms. The van der Waals surface area contributed by atoms with Crippen LogP contribution >= 0.6 is 15.9 Å². The van der Waals surface area contributed by atoms with Crippen LogP contribution in [-0.2, 0) is 0 Å². The topological polar surface area (TPSA) is 58.1 Å². The number of hydrogen-bond donors (Lipinski definition) is 2. The second-order valence-electron chi connectivity index (χ2n) is 4.48. The Balaban J connectivity index is 2.13. The van der Waals surface area contributed by atoms with Crippen molar-refractivity contribution in [1.29, 1.82) is 0 Å². The Morgan fingerprint density at radius 2 is 2.14 bits per heavy atom. The predicted octanol–water partition coefficient (Wildman–Crippen LogP) is 4.24. The molecule has 0 fully saturated rings. The molecule has 0 saturated heterocycles. The van der Waals surface area contributed by atoms with Crippen molar-refractivity contribution in [1.82, 2.24) is 9.97 Å². The molecule has 0 radical (unpaired) electrons. The van der Waals surface area contributed by atoms with Gasteiger partial charge < -0.3 is 14.8 Å². The van der Waals surface area contributed by atoms with Gasteiger partial charge in [0, 0.05) is 5.56 Å². The van der Waals surface area contributed by atoms with Gasteiger partial charge in [0.15, 0.2) is 11.5 Å². The molecule has 6 heteroatoms. The number of ether oxygens (including phenoxy) is 1. The number of halogens is 2. The molecule has 4 nitrogen and oxygen atoms in total. The highest BCUT2D eigenvalue weighted by Gasteiger charge is 2.13. The van der Waals surface area contributed by atoms with Crippen molar-refractivity contribution in [2.45, 2.75) is 6.92 Å². The molecule has 3 rings (SSSR count). The summed E-state index contributed by atoms with van der Waals surface area (Å²) in [7, 11) is 0. The molecule has 1 aromatic heterocycles. The Bertz CT molecular complexity index is 817. The Hall–Kier alpha value is -2.08. The van der Waals surface area contributed by atoms with E-state index < -0.39 is 0 Å². The van der Waals surface area contributed by atoms with Gasteiger partial charge in [0.25, 0.3) is 0 Å². The van der Waals surface area contributed by atoms with Crippen LogP contribution in [0.5, 0.6) is 11.5 Å². The van der Waals surface area contributed by atoms with Crippen LogP contribution in [0.2, 0.25) is 0 Å². The third kappa shape index (κ3) is 2.58. The zero-order valence-electron chi connectivity index (χ0n) is 11.2. The minimum absolute atomic E-state index is 0.0442. The van der Waals surface area contributed by atoms with Crippen LogP contribution in [0.1, 0.15) is 6.92 Å². The molecule has 0 saturated carbocycles. The molecular weight excluding hydrogens is 339 g/mol. The third-order valence-electron chi connectivity index (χ3n) is 3.05. The largest absolute Gasteiger partial charge is 0.503 e. The number of phenolic OH excluding ortho intramolecular Hbond substituents is 1. The molecule has 0 aliphatic carbocycles. The number of nitrogens with one attached hydrogen (secondary N) is 1. The second kappa shape index (κ2) is 5.37. The second-order valence-corrected chi connectivity index (χ2v) is 5.34. The summed E-state index contributed by atoms with van der Waals surface area (Å²) >= 11 is 3.29. The quantitative estimate of drug-likeness (QED) is 0.742. The van der Waals surface area contributed by atoms with Crippen molar-refractivity contribution in [2.24, 2.45) is 0 Å². The van der Waals surface area contributed by atoms with Gasteiger partial charge in [-0.25, -0.2) is 9.37 Å². The van der Waals surface area contributed by atoms with E-state index in [0.717, 1.165) is 5.56 Å². The summed E-state index contributed by atoms with van der Waals surface area (Å²) < 4.78 is 19.1.